The Bertz CT molecular complexity index is 985. The zero-order chi connectivity index (χ0) is 14.7. The average molecular weight is 444 g/mol. The molecule has 0 fully saturated rings. The third-order valence-corrected chi connectivity index (χ3v) is 4.99. The summed E-state index contributed by atoms with van der Waals surface area (Å²) < 4.78 is 2.35. The zero-order valence-electron chi connectivity index (χ0n) is 13.8. The molecule has 1 aromatic heterocycles. The first-order valence-corrected chi connectivity index (χ1v) is 7.80. The molecule has 1 heterocycles. The summed E-state index contributed by atoms with van der Waals surface area (Å²) >= 11 is 0. The number of nitrogens with zero attached hydrogens (tertiary/aromatic N) is 1. The summed E-state index contributed by atoms with van der Waals surface area (Å²) in [6.07, 6.45) is 8.95. The summed E-state index contributed by atoms with van der Waals surface area (Å²) in [7, 11) is 2.18. The van der Waals surface area contributed by atoms with E-state index in [1.807, 2.05) is 0 Å². The van der Waals surface area contributed by atoms with Crippen LogP contribution in [0.2, 0.25) is 0 Å². The van der Waals surface area contributed by atoms with Crippen LogP contribution in [-0.2, 0) is 33.3 Å². The van der Waals surface area contributed by atoms with Crippen molar-refractivity contribution >= 4 is 10.9 Å². The molecule has 0 spiro atoms. The first-order valence-electron chi connectivity index (χ1n) is 7.80. The first kappa shape index (κ1) is 20.2. The maximum atomic E-state index is 3.55. The number of allylic oxidation sites excluding steroid dienone is 4. The fourth-order valence-corrected chi connectivity index (χ4v) is 4.10. The van der Waals surface area contributed by atoms with Crippen molar-refractivity contribution in [3.05, 3.63) is 83.5 Å². The standard InChI is InChI=1S/C21H16N.2ClH.Zr/c1-22-18-13-7-6-12-17(18)20-19(14-8-2-3-9-14)15-10-4-5-11-16(15)21(20)22;;;/h2,4-8,10-13,19H,3H2,1H3;2*1H;/q-1;;;+3/p-2. The van der Waals surface area contributed by atoms with Crippen molar-refractivity contribution in [2.75, 3.05) is 0 Å². The van der Waals surface area contributed by atoms with Crippen LogP contribution in [-0.4, -0.2) is 4.57 Å². The van der Waals surface area contributed by atoms with Crippen molar-refractivity contribution < 1.29 is 51.0 Å². The van der Waals surface area contributed by atoms with E-state index in [0.29, 0.717) is 5.92 Å². The van der Waals surface area contributed by atoms with E-state index >= 15 is 0 Å². The second kappa shape index (κ2) is 7.66. The number of aromatic nitrogens is 1. The van der Waals surface area contributed by atoms with Crippen molar-refractivity contribution in [3.63, 3.8) is 0 Å². The number of fused-ring (bicyclic) bond motifs is 5. The molecule has 5 rings (SSSR count). The van der Waals surface area contributed by atoms with Crippen molar-refractivity contribution in [1.29, 1.82) is 0 Å². The maximum absolute atomic E-state index is 3.55. The van der Waals surface area contributed by atoms with E-state index in [9.17, 15) is 0 Å². The smallest absolute Gasteiger partial charge is 1.00 e. The molecule has 0 saturated heterocycles. The molecule has 1 atom stereocenters. The van der Waals surface area contributed by atoms with E-state index in [4.69, 9.17) is 0 Å². The first-order chi connectivity index (χ1) is 10.9. The molecule has 123 valence electrons. The number of hydrogen-bond donors (Lipinski definition) is 0. The Morgan fingerprint density at radius 1 is 1.00 bits per heavy atom. The number of rotatable bonds is 1. The van der Waals surface area contributed by atoms with Gasteiger partial charge in [-0.15, -0.1) is 6.42 Å². The summed E-state index contributed by atoms with van der Waals surface area (Å²) in [4.78, 5) is 0. The number of halogens is 2. The largest absolute Gasteiger partial charge is 3.00 e. The van der Waals surface area contributed by atoms with E-state index < -0.39 is 0 Å². The SMILES string of the molecule is Cn1c2c(c3ccccc31)C(C1=[C-]CC=C1)c1ccccc1-2.[Cl-].[Cl-].[Zr+3]. The van der Waals surface area contributed by atoms with Crippen LogP contribution >= 0.6 is 0 Å². The second-order valence-electron chi connectivity index (χ2n) is 6.10. The average Bonchev–Trinajstić information content (AvgIpc) is 3.24. The molecule has 0 amide bonds. The Morgan fingerprint density at radius 2 is 1.72 bits per heavy atom. The molecular formula is C21H16Cl2NZr. The molecule has 2 aromatic carbocycles. The van der Waals surface area contributed by atoms with Gasteiger partial charge in [0, 0.05) is 29.4 Å². The molecule has 0 N–H and O–H groups in total. The van der Waals surface area contributed by atoms with Crippen LogP contribution in [0.15, 0.2) is 66.3 Å². The molecule has 1 nitrogen and oxygen atoms in total. The Hall–Kier alpha value is -1.08. The number of benzene rings is 2. The topological polar surface area (TPSA) is 4.93 Å². The summed E-state index contributed by atoms with van der Waals surface area (Å²) in [5.74, 6) is 0.330. The monoisotopic (exact) mass is 442 g/mol. The molecule has 0 bridgehead atoms. The Kier molecular flexibility index (Phi) is 6.20. The van der Waals surface area contributed by atoms with Gasteiger partial charge in [0.25, 0.3) is 0 Å². The van der Waals surface area contributed by atoms with Crippen molar-refractivity contribution in [3.8, 4) is 11.3 Å². The second-order valence-corrected chi connectivity index (χ2v) is 6.10. The number of para-hydroxylation sites is 1. The van der Waals surface area contributed by atoms with Gasteiger partial charge in [0.1, 0.15) is 0 Å². The minimum atomic E-state index is 0. The fourth-order valence-electron chi connectivity index (χ4n) is 4.10. The molecular weight excluding hydrogens is 428 g/mol. The minimum Gasteiger partial charge on any atom is -1.00 e. The van der Waals surface area contributed by atoms with Gasteiger partial charge in [0.15, 0.2) is 0 Å². The third-order valence-electron chi connectivity index (χ3n) is 4.99. The van der Waals surface area contributed by atoms with E-state index in [1.54, 1.807) is 0 Å². The van der Waals surface area contributed by atoms with Gasteiger partial charge in [-0.25, -0.2) is 11.6 Å². The van der Waals surface area contributed by atoms with Crippen molar-refractivity contribution in [1.82, 2.24) is 4.57 Å². The quantitative estimate of drug-likeness (QED) is 0.424. The number of hydrogen-bond acceptors (Lipinski definition) is 0. The van der Waals surface area contributed by atoms with Crippen LogP contribution in [0.4, 0.5) is 0 Å². The number of aryl methyl sites for hydroxylation is 1. The summed E-state index contributed by atoms with van der Waals surface area (Å²) in [5, 5.41) is 1.37. The predicted octanol–water partition coefficient (Wildman–Crippen LogP) is -1.01. The van der Waals surface area contributed by atoms with Gasteiger partial charge < -0.3 is 29.4 Å². The molecule has 4 heteroatoms. The summed E-state index contributed by atoms with van der Waals surface area (Å²) in [6, 6.07) is 17.6. The molecule has 1 radical (unpaired) electrons. The van der Waals surface area contributed by atoms with Crippen LogP contribution in [0.5, 0.6) is 0 Å². The van der Waals surface area contributed by atoms with Gasteiger partial charge in [-0.2, -0.15) is 6.08 Å². The van der Waals surface area contributed by atoms with Crippen LogP contribution in [0.3, 0.4) is 0 Å². The van der Waals surface area contributed by atoms with Gasteiger partial charge in [-0.05, 0) is 17.2 Å². The molecule has 3 aromatic rings. The van der Waals surface area contributed by atoms with Gasteiger partial charge in [0.2, 0.25) is 0 Å². The van der Waals surface area contributed by atoms with E-state index in [2.05, 4.69) is 78.4 Å². The van der Waals surface area contributed by atoms with Crippen molar-refractivity contribution in [2.24, 2.45) is 7.05 Å². The fraction of sp³-hybridized carbons (Fsp3) is 0.143. The molecule has 2 aliphatic rings. The third kappa shape index (κ3) is 2.79. The molecule has 25 heavy (non-hydrogen) atoms. The Balaban J connectivity index is 0.000000751. The van der Waals surface area contributed by atoms with E-state index in [1.165, 1.54) is 38.9 Å². The zero-order valence-corrected chi connectivity index (χ0v) is 17.7. The Labute approximate surface area is 179 Å². The van der Waals surface area contributed by atoms with E-state index in [-0.39, 0.29) is 51.0 Å². The molecule has 1 unspecified atom stereocenters. The minimum absolute atomic E-state index is 0. The van der Waals surface area contributed by atoms with E-state index in [0.717, 1.165) is 6.42 Å². The van der Waals surface area contributed by atoms with Crippen LogP contribution < -0.4 is 24.8 Å². The maximum Gasteiger partial charge on any atom is 3.00 e. The molecule has 0 saturated carbocycles. The van der Waals surface area contributed by atoms with Crippen LogP contribution in [0.25, 0.3) is 22.2 Å². The van der Waals surface area contributed by atoms with Crippen LogP contribution in [0.1, 0.15) is 23.5 Å². The normalized spacial score (nSPS) is 16.4. The van der Waals surface area contributed by atoms with Gasteiger partial charge >= 0.3 is 26.2 Å². The molecule has 2 aliphatic carbocycles. The van der Waals surface area contributed by atoms with Crippen LogP contribution in [0, 0.1) is 6.08 Å². The summed E-state index contributed by atoms with van der Waals surface area (Å²) in [5.41, 5.74) is 8.25. The predicted molar refractivity (Wildman–Crippen MR) is 90.7 cm³/mol. The molecule has 0 aliphatic heterocycles. The van der Waals surface area contributed by atoms with Gasteiger partial charge in [-0.1, -0.05) is 42.5 Å². The van der Waals surface area contributed by atoms with Gasteiger partial charge in [0.05, 0.1) is 5.69 Å². The Morgan fingerprint density at radius 3 is 2.48 bits per heavy atom. The summed E-state index contributed by atoms with van der Waals surface area (Å²) in [6.45, 7) is 0. The van der Waals surface area contributed by atoms with Gasteiger partial charge in [-0.3, -0.25) is 6.08 Å². The van der Waals surface area contributed by atoms with Crippen molar-refractivity contribution in [2.45, 2.75) is 12.3 Å².